The third kappa shape index (κ3) is 3.14. The minimum absolute atomic E-state index is 0.207. The van der Waals surface area contributed by atoms with Gasteiger partial charge in [-0.3, -0.25) is 19.2 Å². The number of amides is 4. The van der Waals surface area contributed by atoms with Crippen LogP contribution in [0, 0.1) is 22.7 Å². The lowest BCUT2D eigenvalue weighted by molar-refractivity contribution is 0.0874. The number of hydrogen-bond donors (Lipinski definition) is 0. The van der Waals surface area contributed by atoms with Crippen molar-refractivity contribution in [2.45, 2.75) is 51.4 Å². The molecule has 0 fully saturated rings. The fourth-order valence-electron chi connectivity index (χ4n) is 6.89. The molecule has 0 saturated heterocycles. The van der Waals surface area contributed by atoms with Crippen LogP contribution in [0.1, 0.15) is 99.1 Å². The average Bonchev–Trinajstić information content (AvgIpc) is 3.56. The Bertz CT molecular complexity index is 1850. The maximum absolute atomic E-state index is 14.0. The third-order valence-corrected chi connectivity index (χ3v) is 11.4. The van der Waals surface area contributed by atoms with E-state index in [0.29, 0.717) is 21.1 Å². The van der Waals surface area contributed by atoms with Crippen molar-refractivity contribution in [2.75, 3.05) is 9.80 Å². The number of nitrogens with zero attached hydrogens (tertiary/aromatic N) is 4. The highest BCUT2D eigenvalue weighted by atomic mass is 32.1. The van der Waals surface area contributed by atoms with E-state index in [4.69, 9.17) is 0 Å². The van der Waals surface area contributed by atoms with Crippen molar-refractivity contribution in [3.63, 3.8) is 0 Å². The number of carbonyl (C=O) groups excluding carboxylic acids is 4. The third-order valence-electron chi connectivity index (χ3n) is 8.83. The van der Waals surface area contributed by atoms with Crippen LogP contribution in [0.25, 0.3) is 10.8 Å². The van der Waals surface area contributed by atoms with Crippen molar-refractivity contribution >= 4 is 67.1 Å². The van der Waals surface area contributed by atoms with Crippen LogP contribution in [-0.2, 0) is 25.7 Å². The van der Waals surface area contributed by atoms with Gasteiger partial charge in [0.1, 0.15) is 22.1 Å². The molecule has 10 heteroatoms. The molecule has 42 heavy (non-hydrogen) atoms. The van der Waals surface area contributed by atoms with Gasteiger partial charge in [-0.15, -0.1) is 22.7 Å². The molecule has 0 bridgehead atoms. The van der Waals surface area contributed by atoms with Crippen LogP contribution < -0.4 is 9.80 Å². The van der Waals surface area contributed by atoms with E-state index in [9.17, 15) is 29.7 Å². The van der Waals surface area contributed by atoms with E-state index in [2.05, 4.69) is 12.1 Å². The van der Waals surface area contributed by atoms with Crippen LogP contribution in [0.2, 0.25) is 0 Å². The van der Waals surface area contributed by atoms with Gasteiger partial charge in [0.05, 0.1) is 11.1 Å². The second-order valence-corrected chi connectivity index (χ2v) is 13.1. The molecule has 0 atom stereocenters. The van der Waals surface area contributed by atoms with E-state index < -0.39 is 23.6 Å². The van der Waals surface area contributed by atoms with Crippen LogP contribution in [-0.4, -0.2) is 23.6 Å². The molecule has 4 aromatic rings. The summed E-state index contributed by atoms with van der Waals surface area (Å²) < 4.78 is 0. The Morgan fingerprint density at radius 2 is 0.881 bits per heavy atom. The van der Waals surface area contributed by atoms with Crippen LogP contribution in [0.15, 0.2) is 24.3 Å². The summed E-state index contributed by atoms with van der Waals surface area (Å²) in [6.45, 7) is 0. The first-order valence-corrected chi connectivity index (χ1v) is 15.5. The van der Waals surface area contributed by atoms with E-state index in [1.807, 2.05) is 0 Å². The number of aryl methyl sites for hydroxylation is 2. The zero-order valence-corrected chi connectivity index (χ0v) is 23.8. The molecule has 8 nitrogen and oxygen atoms in total. The van der Waals surface area contributed by atoms with E-state index in [1.165, 1.54) is 46.9 Å². The van der Waals surface area contributed by atoms with E-state index in [0.717, 1.165) is 82.0 Å². The van der Waals surface area contributed by atoms with Crippen LogP contribution >= 0.6 is 22.7 Å². The normalized spacial score (nSPS) is 17.3. The molecule has 0 N–H and O–H groups in total. The van der Waals surface area contributed by atoms with Gasteiger partial charge in [-0.2, -0.15) is 10.5 Å². The van der Waals surface area contributed by atoms with Gasteiger partial charge >= 0.3 is 0 Å². The minimum Gasteiger partial charge on any atom is -0.268 e. The molecule has 4 amide bonds. The zero-order valence-electron chi connectivity index (χ0n) is 22.2. The molecule has 4 aliphatic rings. The molecule has 2 aliphatic carbocycles. The van der Waals surface area contributed by atoms with Crippen molar-refractivity contribution < 1.29 is 19.2 Å². The van der Waals surface area contributed by atoms with Crippen molar-refractivity contribution in [1.29, 1.82) is 10.5 Å². The first-order valence-electron chi connectivity index (χ1n) is 13.9. The lowest BCUT2D eigenvalue weighted by atomic mass is 9.85. The van der Waals surface area contributed by atoms with E-state index >= 15 is 0 Å². The number of benzene rings is 2. The van der Waals surface area contributed by atoms with Crippen molar-refractivity contribution in [3.05, 3.63) is 78.5 Å². The van der Waals surface area contributed by atoms with Gasteiger partial charge < -0.3 is 0 Å². The Hall–Kier alpha value is -4.64. The zero-order chi connectivity index (χ0) is 28.9. The van der Waals surface area contributed by atoms with Crippen LogP contribution in [0.3, 0.4) is 0 Å². The molecular formula is C32H20N4O4S2. The maximum atomic E-state index is 14.0. The number of rotatable bonds is 2. The number of imide groups is 2. The monoisotopic (exact) mass is 588 g/mol. The number of anilines is 2. The number of hydrogen-bond acceptors (Lipinski definition) is 8. The Morgan fingerprint density at radius 3 is 1.21 bits per heavy atom. The maximum Gasteiger partial charge on any atom is 0.266 e. The van der Waals surface area contributed by atoms with Gasteiger partial charge in [0, 0.05) is 42.8 Å². The van der Waals surface area contributed by atoms with E-state index in [1.54, 1.807) is 0 Å². The molecule has 8 rings (SSSR count). The molecule has 204 valence electrons. The molecule has 2 aromatic heterocycles. The molecule has 0 spiro atoms. The number of fused-ring (bicyclic) bond motifs is 2. The largest absolute Gasteiger partial charge is 0.268 e. The summed E-state index contributed by atoms with van der Waals surface area (Å²) in [6.07, 6.45) is 7.01. The number of carbonyl (C=O) groups is 4. The lowest BCUT2D eigenvalue weighted by Crippen LogP contribution is -2.43. The fraction of sp³-hybridized carbons (Fsp3) is 0.250. The van der Waals surface area contributed by atoms with Gasteiger partial charge in [0.2, 0.25) is 0 Å². The summed E-state index contributed by atoms with van der Waals surface area (Å²) in [5.74, 6) is -2.31. The average molecular weight is 589 g/mol. The number of thiophene rings is 2. The molecular weight excluding hydrogens is 569 g/mol. The van der Waals surface area contributed by atoms with Crippen molar-refractivity contribution in [3.8, 4) is 12.1 Å². The highest BCUT2D eigenvalue weighted by Crippen LogP contribution is 2.46. The summed E-state index contributed by atoms with van der Waals surface area (Å²) in [6, 6.07) is 10.6. The fourth-order valence-corrected chi connectivity index (χ4v) is 9.56. The summed E-state index contributed by atoms with van der Waals surface area (Å²) in [5.41, 5.74) is 3.42. The Balaban J connectivity index is 1.29. The van der Waals surface area contributed by atoms with Crippen LogP contribution in [0.4, 0.5) is 10.0 Å². The Kier molecular flexibility index (Phi) is 5.34. The van der Waals surface area contributed by atoms with Crippen LogP contribution in [0.5, 0.6) is 0 Å². The Morgan fingerprint density at radius 1 is 0.548 bits per heavy atom. The summed E-state index contributed by atoms with van der Waals surface area (Å²) in [4.78, 5) is 60.1. The van der Waals surface area contributed by atoms with Gasteiger partial charge in [-0.25, -0.2) is 9.80 Å². The quantitative estimate of drug-likeness (QED) is 0.262. The second kappa shape index (κ2) is 8.93. The number of nitriles is 2. The summed E-state index contributed by atoms with van der Waals surface area (Å²) in [5, 5.41) is 21.2. The van der Waals surface area contributed by atoms with Gasteiger partial charge in [0.25, 0.3) is 23.6 Å². The molecule has 0 saturated carbocycles. The molecule has 4 heterocycles. The van der Waals surface area contributed by atoms with Gasteiger partial charge in [-0.05, 0) is 86.8 Å². The molecule has 0 unspecified atom stereocenters. The highest BCUT2D eigenvalue weighted by molar-refractivity contribution is 7.17. The molecule has 0 radical (unpaired) electrons. The predicted octanol–water partition coefficient (Wildman–Crippen LogP) is 6.06. The molecule has 2 aromatic carbocycles. The lowest BCUT2D eigenvalue weighted by Gasteiger charge is -2.31. The van der Waals surface area contributed by atoms with E-state index in [-0.39, 0.29) is 33.0 Å². The minimum atomic E-state index is -0.577. The van der Waals surface area contributed by atoms with Gasteiger partial charge in [0.15, 0.2) is 0 Å². The topological polar surface area (TPSA) is 122 Å². The van der Waals surface area contributed by atoms with Crippen molar-refractivity contribution in [2.24, 2.45) is 0 Å². The highest BCUT2D eigenvalue weighted by Gasteiger charge is 2.43. The van der Waals surface area contributed by atoms with Gasteiger partial charge in [-0.1, -0.05) is 0 Å². The summed E-state index contributed by atoms with van der Waals surface area (Å²) >= 11 is 2.64. The molecule has 2 aliphatic heterocycles. The first-order chi connectivity index (χ1) is 20.4. The Labute approximate surface area is 248 Å². The van der Waals surface area contributed by atoms with Crippen molar-refractivity contribution in [1.82, 2.24) is 0 Å². The summed E-state index contributed by atoms with van der Waals surface area (Å²) in [7, 11) is 0. The standard InChI is InChI=1S/C32H20N4O4S2/c33-13-21-15-5-1-3-7-23(15)41-31(21)35-27(37)17-9-11-19-26-20(12-10-18(25(17)26)28(35)38)30(40)36(29(19)39)32-22(14-34)16-6-2-4-8-24(16)42-32/h9-12H,1-8H2. The predicted molar refractivity (Wildman–Crippen MR) is 158 cm³/mol. The second-order valence-electron chi connectivity index (χ2n) is 11.0. The smallest absolute Gasteiger partial charge is 0.266 e. The first kappa shape index (κ1) is 25.1. The SMILES string of the molecule is N#Cc1c(N2C(=O)c3ccc4c5c(ccc(c35)C2=O)C(=O)N(c2sc3c(c2C#N)CCCC3)C4=O)sc2c1CCCC2.